The van der Waals surface area contributed by atoms with E-state index in [-0.39, 0.29) is 10.6 Å². The number of allylic oxidation sites excluding steroid dienone is 1. The van der Waals surface area contributed by atoms with Crippen LogP contribution in [0.5, 0.6) is 0 Å². The molecule has 2 unspecified atom stereocenters. The fourth-order valence-electron chi connectivity index (χ4n) is 3.05. The van der Waals surface area contributed by atoms with Crippen molar-refractivity contribution < 1.29 is 4.79 Å². The summed E-state index contributed by atoms with van der Waals surface area (Å²) in [4.78, 5) is 13.1. The van der Waals surface area contributed by atoms with Crippen LogP contribution in [-0.2, 0) is 4.79 Å². The first-order valence-electron chi connectivity index (χ1n) is 7.79. The molecular formula is C20H18Br2O. The molecule has 118 valence electrons. The molecular weight excluding hydrogens is 416 g/mol. The van der Waals surface area contributed by atoms with Gasteiger partial charge in [0.1, 0.15) is 4.32 Å². The molecule has 1 saturated carbocycles. The molecule has 23 heavy (non-hydrogen) atoms. The summed E-state index contributed by atoms with van der Waals surface area (Å²) in [5.41, 5.74) is 3.11. The van der Waals surface area contributed by atoms with Crippen LogP contribution in [0.25, 0.3) is 6.08 Å². The van der Waals surface area contributed by atoms with Crippen molar-refractivity contribution >= 4 is 43.7 Å². The summed E-state index contributed by atoms with van der Waals surface area (Å²) >= 11 is 7.54. The van der Waals surface area contributed by atoms with E-state index in [1.807, 2.05) is 54.6 Å². The van der Waals surface area contributed by atoms with Crippen LogP contribution in [0.1, 0.15) is 35.2 Å². The molecule has 0 N–H and O–H groups in total. The number of carbonyl (C=O) groups is 1. The van der Waals surface area contributed by atoms with Crippen LogP contribution >= 0.6 is 31.9 Å². The van der Waals surface area contributed by atoms with E-state index < -0.39 is 4.32 Å². The number of hydrogen-bond acceptors (Lipinski definition) is 1. The third-order valence-electron chi connectivity index (χ3n) is 4.29. The number of ketones is 1. The molecule has 0 aromatic heterocycles. The first-order valence-corrected chi connectivity index (χ1v) is 9.50. The molecule has 1 aliphatic rings. The topological polar surface area (TPSA) is 17.1 Å². The van der Waals surface area contributed by atoms with E-state index in [1.165, 1.54) is 0 Å². The van der Waals surface area contributed by atoms with E-state index in [1.54, 1.807) is 0 Å². The maximum Gasteiger partial charge on any atom is 0.177 e. The Bertz CT molecular complexity index is 709. The molecule has 0 amide bonds. The summed E-state index contributed by atoms with van der Waals surface area (Å²) in [6.07, 6.45) is 4.71. The molecule has 3 rings (SSSR count). The molecule has 0 saturated heterocycles. The first kappa shape index (κ1) is 16.7. The Morgan fingerprint density at radius 1 is 1.00 bits per heavy atom. The fourth-order valence-corrected chi connectivity index (χ4v) is 4.59. The molecule has 2 atom stereocenters. The van der Waals surface area contributed by atoms with Crippen LogP contribution in [0.4, 0.5) is 0 Å². The van der Waals surface area contributed by atoms with E-state index in [9.17, 15) is 4.79 Å². The lowest BCUT2D eigenvalue weighted by Gasteiger charge is -2.36. The third-order valence-corrected chi connectivity index (χ3v) is 7.43. The maximum atomic E-state index is 13.1. The van der Waals surface area contributed by atoms with Gasteiger partial charge in [-0.05, 0) is 42.0 Å². The van der Waals surface area contributed by atoms with Gasteiger partial charge in [0.25, 0.3) is 0 Å². The highest BCUT2D eigenvalue weighted by Crippen LogP contribution is 2.49. The van der Waals surface area contributed by atoms with Crippen molar-refractivity contribution in [3.8, 4) is 0 Å². The van der Waals surface area contributed by atoms with Crippen molar-refractivity contribution in [1.82, 2.24) is 0 Å². The molecule has 3 heteroatoms. The van der Waals surface area contributed by atoms with Crippen molar-refractivity contribution in [2.75, 3.05) is 0 Å². The number of benzene rings is 2. The lowest BCUT2D eigenvalue weighted by molar-refractivity contribution is -0.118. The SMILES string of the molecule is O=C1C(=Cc2ccccc2)CCCC1(Br)C(Br)c1ccccc1. The summed E-state index contributed by atoms with van der Waals surface area (Å²) < 4.78 is -0.576. The van der Waals surface area contributed by atoms with Gasteiger partial charge in [0, 0.05) is 0 Å². The van der Waals surface area contributed by atoms with Crippen molar-refractivity contribution in [3.63, 3.8) is 0 Å². The van der Waals surface area contributed by atoms with E-state index >= 15 is 0 Å². The van der Waals surface area contributed by atoms with E-state index in [0.717, 1.165) is 36.0 Å². The summed E-state index contributed by atoms with van der Waals surface area (Å²) in [6, 6.07) is 20.2. The average molecular weight is 434 g/mol. The predicted octanol–water partition coefficient (Wildman–Crippen LogP) is 6.09. The Kier molecular flexibility index (Phi) is 5.17. The zero-order chi connectivity index (χ0) is 16.3. The third kappa shape index (κ3) is 3.51. The largest absolute Gasteiger partial charge is 0.293 e. The number of carbonyl (C=O) groups excluding carboxylic acids is 1. The minimum Gasteiger partial charge on any atom is -0.293 e. The minimum absolute atomic E-state index is 0.0387. The van der Waals surface area contributed by atoms with Crippen molar-refractivity contribution in [2.24, 2.45) is 0 Å². The lowest BCUT2D eigenvalue weighted by atomic mass is 9.80. The first-order chi connectivity index (χ1) is 11.1. The molecule has 1 aliphatic carbocycles. The van der Waals surface area contributed by atoms with Crippen LogP contribution in [0.2, 0.25) is 0 Å². The van der Waals surface area contributed by atoms with Gasteiger partial charge < -0.3 is 0 Å². The van der Waals surface area contributed by atoms with Gasteiger partial charge in [-0.15, -0.1) is 0 Å². The van der Waals surface area contributed by atoms with E-state index in [2.05, 4.69) is 44.0 Å². The second kappa shape index (κ2) is 7.14. The van der Waals surface area contributed by atoms with Gasteiger partial charge in [0.15, 0.2) is 5.78 Å². The van der Waals surface area contributed by atoms with E-state index in [0.29, 0.717) is 0 Å². The van der Waals surface area contributed by atoms with Gasteiger partial charge in [0.05, 0.1) is 4.83 Å². The summed E-state index contributed by atoms with van der Waals surface area (Å²) in [6.45, 7) is 0. The minimum atomic E-state index is -0.576. The number of alkyl halides is 2. The fraction of sp³-hybridized carbons (Fsp3) is 0.250. The summed E-state index contributed by atoms with van der Waals surface area (Å²) in [5.74, 6) is 0.193. The molecule has 0 aliphatic heterocycles. The summed E-state index contributed by atoms with van der Waals surface area (Å²) in [5, 5.41) is 0. The second-order valence-corrected chi connectivity index (χ2v) is 8.23. The smallest absolute Gasteiger partial charge is 0.177 e. The standard InChI is InChI=1S/C20H18Br2O/c21-18(16-10-5-2-6-11-16)20(22)13-7-12-17(19(20)23)14-15-8-3-1-4-9-15/h1-6,8-11,14,18H,7,12-13H2. The van der Waals surface area contributed by atoms with Gasteiger partial charge >= 0.3 is 0 Å². The second-order valence-electron chi connectivity index (χ2n) is 5.90. The van der Waals surface area contributed by atoms with Gasteiger partial charge in [-0.3, -0.25) is 4.79 Å². The number of rotatable bonds is 3. The van der Waals surface area contributed by atoms with Crippen molar-refractivity contribution in [1.29, 1.82) is 0 Å². The van der Waals surface area contributed by atoms with Gasteiger partial charge in [-0.25, -0.2) is 0 Å². The van der Waals surface area contributed by atoms with Crippen LogP contribution < -0.4 is 0 Å². The molecule has 2 aromatic rings. The average Bonchev–Trinajstić information content (AvgIpc) is 2.60. The lowest BCUT2D eigenvalue weighted by Crippen LogP contribution is -2.40. The normalized spacial score (nSPS) is 24.6. The van der Waals surface area contributed by atoms with Crippen LogP contribution in [-0.4, -0.2) is 10.1 Å². The van der Waals surface area contributed by atoms with Crippen LogP contribution in [0.3, 0.4) is 0 Å². The number of Topliss-reactive ketones (excluding diaryl/α,β-unsaturated/α-hetero) is 1. The molecule has 0 heterocycles. The van der Waals surface area contributed by atoms with Crippen LogP contribution in [0, 0.1) is 0 Å². The van der Waals surface area contributed by atoms with Gasteiger partial charge in [0.2, 0.25) is 0 Å². The van der Waals surface area contributed by atoms with Crippen LogP contribution in [0.15, 0.2) is 66.2 Å². The summed E-state index contributed by atoms with van der Waals surface area (Å²) in [7, 11) is 0. The number of halogens is 2. The molecule has 2 aromatic carbocycles. The Hall–Kier alpha value is -1.19. The molecule has 0 bridgehead atoms. The van der Waals surface area contributed by atoms with Crippen molar-refractivity contribution in [3.05, 3.63) is 77.4 Å². The van der Waals surface area contributed by atoms with Gasteiger partial charge in [-0.1, -0.05) is 92.5 Å². The molecule has 1 nitrogen and oxygen atoms in total. The van der Waals surface area contributed by atoms with Crippen molar-refractivity contribution in [2.45, 2.75) is 28.4 Å². The zero-order valence-electron chi connectivity index (χ0n) is 12.7. The monoisotopic (exact) mass is 432 g/mol. The molecule has 0 spiro atoms. The van der Waals surface area contributed by atoms with Gasteiger partial charge in [-0.2, -0.15) is 0 Å². The highest BCUT2D eigenvalue weighted by atomic mass is 79.9. The predicted molar refractivity (Wildman–Crippen MR) is 103 cm³/mol. The Morgan fingerprint density at radius 3 is 2.26 bits per heavy atom. The highest BCUT2D eigenvalue weighted by molar-refractivity contribution is 9.12. The maximum absolute atomic E-state index is 13.1. The number of hydrogen-bond donors (Lipinski definition) is 0. The van der Waals surface area contributed by atoms with E-state index in [4.69, 9.17) is 0 Å². The Balaban J connectivity index is 1.91. The molecule has 1 fully saturated rings. The quantitative estimate of drug-likeness (QED) is 0.422. The molecule has 0 radical (unpaired) electrons. The Morgan fingerprint density at radius 2 is 1.61 bits per heavy atom. The highest BCUT2D eigenvalue weighted by Gasteiger charge is 2.45. The Labute approximate surface area is 154 Å². The zero-order valence-corrected chi connectivity index (χ0v) is 15.9.